The molecule has 0 fully saturated rings. The second kappa shape index (κ2) is 5.52. The minimum absolute atomic E-state index is 0.0486. The third-order valence-corrected chi connectivity index (χ3v) is 3.03. The lowest BCUT2D eigenvalue weighted by atomic mass is 10.0. The van der Waals surface area contributed by atoms with Crippen molar-refractivity contribution in [2.75, 3.05) is 13.6 Å². The van der Waals surface area contributed by atoms with Crippen molar-refractivity contribution < 1.29 is 14.7 Å². The van der Waals surface area contributed by atoms with Gasteiger partial charge in [0.2, 0.25) is 0 Å². The van der Waals surface area contributed by atoms with E-state index in [9.17, 15) is 9.59 Å². The number of fused-ring (bicyclic) bond motifs is 1. The van der Waals surface area contributed by atoms with Gasteiger partial charge < -0.3 is 10.0 Å². The summed E-state index contributed by atoms with van der Waals surface area (Å²) in [6.07, 6.45) is -0.0486. The van der Waals surface area contributed by atoms with Gasteiger partial charge in [0.25, 0.3) is 5.91 Å². The van der Waals surface area contributed by atoms with Gasteiger partial charge in [-0.05, 0) is 16.8 Å². The third kappa shape index (κ3) is 2.91. The van der Waals surface area contributed by atoms with Gasteiger partial charge in [-0.2, -0.15) is 0 Å². The Kier molecular flexibility index (Phi) is 3.80. The van der Waals surface area contributed by atoms with Crippen LogP contribution in [0, 0.1) is 0 Å². The van der Waals surface area contributed by atoms with Crippen LogP contribution in [-0.4, -0.2) is 35.5 Å². The first-order valence-corrected chi connectivity index (χ1v) is 6.04. The number of carboxylic acids is 1. The van der Waals surface area contributed by atoms with E-state index in [1.807, 2.05) is 36.4 Å². The van der Waals surface area contributed by atoms with Crippen LogP contribution < -0.4 is 0 Å². The summed E-state index contributed by atoms with van der Waals surface area (Å²) in [5, 5.41) is 10.5. The van der Waals surface area contributed by atoms with Gasteiger partial charge in [-0.1, -0.05) is 36.4 Å². The Morgan fingerprint density at radius 3 is 2.53 bits per heavy atom. The largest absolute Gasteiger partial charge is 0.481 e. The molecule has 0 aromatic heterocycles. The molecule has 19 heavy (non-hydrogen) atoms. The molecule has 2 aromatic rings. The van der Waals surface area contributed by atoms with Crippen LogP contribution in [0.15, 0.2) is 42.5 Å². The second-order valence-electron chi connectivity index (χ2n) is 4.40. The van der Waals surface area contributed by atoms with E-state index in [1.54, 1.807) is 13.1 Å². The van der Waals surface area contributed by atoms with E-state index in [0.29, 0.717) is 5.56 Å². The van der Waals surface area contributed by atoms with Crippen molar-refractivity contribution in [2.45, 2.75) is 6.42 Å². The fourth-order valence-corrected chi connectivity index (χ4v) is 1.98. The average molecular weight is 257 g/mol. The smallest absolute Gasteiger partial charge is 0.305 e. The van der Waals surface area contributed by atoms with E-state index < -0.39 is 5.97 Å². The van der Waals surface area contributed by atoms with Crippen LogP contribution >= 0.6 is 0 Å². The molecule has 98 valence electrons. The maximum absolute atomic E-state index is 12.3. The number of benzene rings is 2. The van der Waals surface area contributed by atoms with Crippen molar-refractivity contribution in [1.82, 2.24) is 4.90 Å². The summed E-state index contributed by atoms with van der Waals surface area (Å²) in [7, 11) is 1.62. The minimum atomic E-state index is -0.905. The Labute approximate surface area is 111 Å². The first-order valence-electron chi connectivity index (χ1n) is 6.04. The van der Waals surface area contributed by atoms with Crippen LogP contribution in [0.2, 0.25) is 0 Å². The molecule has 2 rings (SSSR count). The van der Waals surface area contributed by atoms with Crippen molar-refractivity contribution in [3.05, 3.63) is 48.0 Å². The summed E-state index contributed by atoms with van der Waals surface area (Å²) in [6.45, 7) is 0.206. The molecule has 0 spiro atoms. The molecule has 0 unspecified atom stereocenters. The lowest BCUT2D eigenvalue weighted by molar-refractivity contribution is -0.137. The van der Waals surface area contributed by atoms with Crippen LogP contribution in [0.4, 0.5) is 0 Å². The maximum Gasteiger partial charge on any atom is 0.305 e. The molecule has 1 N–H and O–H groups in total. The van der Waals surface area contributed by atoms with Gasteiger partial charge in [0.15, 0.2) is 0 Å². The van der Waals surface area contributed by atoms with Gasteiger partial charge in [0.1, 0.15) is 0 Å². The molecule has 0 bridgehead atoms. The Hall–Kier alpha value is -2.36. The fraction of sp³-hybridized carbons (Fsp3) is 0.200. The quantitative estimate of drug-likeness (QED) is 0.914. The minimum Gasteiger partial charge on any atom is -0.481 e. The van der Waals surface area contributed by atoms with Crippen LogP contribution in [0.1, 0.15) is 16.8 Å². The van der Waals surface area contributed by atoms with Gasteiger partial charge in [-0.25, -0.2) is 0 Å². The summed E-state index contributed by atoms with van der Waals surface area (Å²) in [4.78, 5) is 24.3. The normalized spacial score (nSPS) is 10.4. The molecule has 4 nitrogen and oxygen atoms in total. The molecule has 1 amide bonds. The summed E-state index contributed by atoms with van der Waals surface area (Å²) >= 11 is 0. The number of carboxylic acid groups (broad SMARTS) is 1. The van der Waals surface area contributed by atoms with Crippen molar-refractivity contribution in [3.8, 4) is 0 Å². The molecule has 0 aliphatic carbocycles. The van der Waals surface area contributed by atoms with E-state index in [2.05, 4.69) is 0 Å². The predicted octanol–water partition coefficient (Wildman–Crippen LogP) is 2.39. The van der Waals surface area contributed by atoms with Crippen LogP contribution in [0.3, 0.4) is 0 Å². The van der Waals surface area contributed by atoms with E-state index in [1.165, 1.54) is 4.90 Å². The fourth-order valence-electron chi connectivity index (χ4n) is 1.98. The molecule has 0 aliphatic heterocycles. The first kappa shape index (κ1) is 13.1. The van der Waals surface area contributed by atoms with E-state index in [4.69, 9.17) is 5.11 Å². The van der Waals surface area contributed by atoms with E-state index >= 15 is 0 Å². The van der Waals surface area contributed by atoms with Gasteiger partial charge in [-0.15, -0.1) is 0 Å². The molecular formula is C15H15NO3. The standard InChI is InChI=1S/C15H15NO3/c1-16(10-9-14(17)18)15(19)13-8-4-6-11-5-2-3-7-12(11)13/h2-8H,9-10H2,1H3,(H,17,18). The number of aliphatic carboxylic acids is 1. The van der Waals surface area contributed by atoms with Crippen LogP contribution in [0.5, 0.6) is 0 Å². The number of amides is 1. The highest BCUT2D eigenvalue weighted by atomic mass is 16.4. The zero-order valence-corrected chi connectivity index (χ0v) is 10.7. The van der Waals surface area contributed by atoms with Gasteiger partial charge >= 0.3 is 5.97 Å². The molecular weight excluding hydrogens is 242 g/mol. The number of rotatable bonds is 4. The average Bonchev–Trinajstić information content (AvgIpc) is 2.43. The highest BCUT2D eigenvalue weighted by molar-refractivity contribution is 6.06. The van der Waals surface area contributed by atoms with Crippen molar-refractivity contribution >= 4 is 22.6 Å². The Balaban J connectivity index is 2.28. The summed E-state index contributed by atoms with van der Waals surface area (Å²) in [5.41, 5.74) is 0.603. The topological polar surface area (TPSA) is 57.6 Å². The van der Waals surface area contributed by atoms with Gasteiger partial charge in [0.05, 0.1) is 6.42 Å². The molecule has 2 aromatic carbocycles. The number of hydrogen-bond donors (Lipinski definition) is 1. The number of carbonyl (C=O) groups is 2. The second-order valence-corrected chi connectivity index (χ2v) is 4.40. The van der Waals surface area contributed by atoms with Crippen LogP contribution in [0.25, 0.3) is 10.8 Å². The first-order chi connectivity index (χ1) is 9.09. The lowest BCUT2D eigenvalue weighted by Gasteiger charge is -2.17. The summed E-state index contributed by atoms with van der Waals surface area (Å²) < 4.78 is 0. The number of hydrogen-bond acceptors (Lipinski definition) is 2. The zero-order valence-electron chi connectivity index (χ0n) is 10.7. The molecule has 0 saturated heterocycles. The highest BCUT2D eigenvalue weighted by Gasteiger charge is 2.14. The van der Waals surface area contributed by atoms with Gasteiger partial charge in [-0.3, -0.25) is 9.59 Å². The molecule has 0 saturated carbocycles. The molecule has 0 heterocycles. The SMILES string of the molecule is CN(CCC(=O)O)C(=O)c1cccc2ccccc12. The molecule has 0 atom stereocenters. The number of carbonyl (C=O) groups excluding carboxylic acids is 1. The highest BCUT2D eigenvalue weighted by Crippen LogP contribution is 2.19. The predicted molar refractivity (Wildman–Crippen MR) is 73.2 cm³/mol. The lowest BCUT2D eigenvalue weighted by Crippen LogP contribution is -2.29. The Morgan fingerprint density at radius 1 is 1.11 bits per heavy atom. The molecule has 4 heteroatoms. The van der Waals surface area contributed by atoms with E-state index in [0.717, 1.165) is 10.8 Å². The third-order valence-electron chi connectivity index (χ3n) is 3.03. The maximum atomic E-state index is 12.3. The van der Waals surface area contributed by atoms with Crippen molar-refractivity contribution in [2.24, 2.45) is 0 Å². The molecule has 0 aliphatic rings. The van der Waals surface area contributed by atoms with Crippen molar-refractivity contribution in [3.63, 3.8) is 0 Å². The monoisotopic (exact) mass is 257 g/mol. The molecule has 0 radical (unpaired) electrons. The van der Waals surface area contributed by atoms with Gasteiger partial charge in [0, 0.05) is 19.2 Å². The van der Waals surface area contributed by atoms with E-state index in [-0.39, 0.29) is 18.9 Å². The zero-order chi connectivity index (χ0) is 13.8. The Bertz CT molecular complexity index is 616. The number of nitrogens with zero attached hydrogens (tertiary/aromatic N) is 1. The summed E-state index contributed by atoms with van der Waals surface area (Å²) in [5.74, 6) is -1.06. The Morgan fingerprint density at radius 2 is 1.79 bits per heavy atom. The van der Waals surface area contributed by atoms with Crippen LogP contribution in [-0.2, 0) is 4.79 Å². The summed E-state index contributed by atoms with van der Waals surface area (Å²) in [6, 6.07) is 13.2. The van der Waals surface area contributed by atoms with Crippen molar-refractivity contribution in [1.29, 1.82) is 0 Å².